The molecular weight excluding hydrogens is 518 g/mol. The molecule has 4 aliphatic heterocycles. The van der Waals surface area contributed by atoms with Crippen LogP contribution >= 0.6 is 0 Å². The van der Waals surface area contributed by atoms with Gasteiger partial charge in [-0.1, -0.05) is 38.1 Å². The molecular formula is C30H30F2N4O4. The van der Waals surface area contributed by atoms with E-state index in [-0.39, 0.29) is 23.3 Å². The highest BCUT2D eigenvalue weighted by atomic mass is 19.2. The van der Waals surface area contributed by atoms with Crippen LogP contribution in [0.1, 0.15) is 66.0 Å². The molecule has 3 atom stereocenters. The van der Waals surface area contributed by atoms with Gasteiger partial charge in [-0.3, -0.25) is 19.3 Å². The summed E-state index contributed by atoms with van der Waals surface area (Å²) < 4.78 is 38.1. The Balaban J connectivity index is 1.57. The zero-order valence-corrected chi connectivity index (χ0v) is 22.3. The number of benzene rings is 2. The molecule has 2 saturated heterocycles. The molecule has 4 aliphatic rings. The van der Waals surface area contributed by atoms with E-state index >= 15 is 4.39 Å². The number of nitrogens with zero attached hydrogens (tertiary/aromatic N) is 4. The predicted octanol–water partition coefficient (Wildman–Crippen LogP) is 4.05. The van der Waals surface area contributed by atoms with Gasteiger partial charge in [0.25, 0.3) is 5.91 Å². The first-order valence-corrected chi connectivity index (χ1v) is 13.6. The van der Waals surface area contributed by atoms with Gasteiger partial charge in [0.2, 0.25) is 5.43 Å². The van der Waals surface area contributed by atoms with Crippen molar-refractivity contribution < 1.29 is 23.4 Å². The Morgan fingerprint density at radius 3 is 2.62 bits per heavy atom. The molecule has 2 aromatic carbocycles. The second-order valence-corrected chi connectivity index (χ2v) is 11.8. The van der Waals surface area contributed by atoms with Crippen molar-refractivity contribution in [3.63, 3.8) is 0 Å². The smallest absolute Gasteiger partial charge is 0.278 e. The Labute approximate surface area is 230 Å². The number of rotatable bonds is 1. The van der Waals surface area contributed by atoms with Gasteiger partial charge < -0.3 is 19.6 Å². The molecule has 8 nitrogen and oxygen atoms in total. The average molecular weight is 549 g/mol. The van der Waals surface area contributed by atoms with Crippen LogP contribution in [0.15, 0.2) is 53.5 Å². The predicted molar refractivity (Wildman–Crippen MR) is 144 cm³/mol. The van der Waals surface area contributed by atoms with E-state index < -0.39 is 47.0 Å². The Bertz CT molecular complexity index is 1610. The number of hydrogen-bond acceptors (Lipinski definition) is 6. The SMILES string of the molecule is CC1(C)CCN2C(=O)c3c(O)c(=O)ccn3N(C3c4ccccc4N4CCOCC4c4c3ccc(F)c4F)C2C1. The number of halogens is 2. The zero-order chi connectivity index (χ0) is 27.9. The monoisotopic (exact) mass is 548 g/mol. The number of aromatic nitrogens is 1. The number of fused-ring (bicyclic) bond motifs is 7. The largest absolute Gasteiger partial charge is 0.502 e. The summed E-state index contributed by atoms with van der Waals surface area (Å²) in [6, 6.07) is 10.5. The normalized spacial score (nSPS) is 24.9. The Morgan fingerprint density at radius 1 is 1.00 bits per heavy atom. The van der Waals surface area contributed by atoms with Gasteiger partial charge in [0, 0.05) is 42.2 Å². The number of morpholine rings is 1. The minimum Gasteiger partial charge on any atom is -0.502 e. The molecule has 0 saturated carbocycles. The maximum absolute atomic E-state index is 15.9. The summed E-state index contributed by atoms with van der Waals surface area (Å²) >= 11 is 0. The summed E-state index contributed by atoms with van der Waals surface area (Å²) in [6.07, 6.45) is 2.36. The molecule has 3 unspecified atom stereocenters. The van der Waals surface area contributed by atoms with Gasteiger partial charge in [-0.15, -0.1) is 0 Å². The summed E-state index contributed by atoms with van der Waals surface area (Å²) in [5.41, 5.74) is 1.57. The van der Waals surface area contributed by atoms with E-state index in [9.17, 15) is 19.1 Å². The first kappa shape index (κ1) is 25.1. The fraction of sp³-hybridized carbons (Fsp3) is 0.400. The van der Waals surface area contributed by atoms with Gasteiger partial charge in [-0.25, -0.2) is 8.78 Å². The lowest BCUT2D eigenvalue weighted by atomic mass is 9.79. The van der Waals surface area contributed by atoms with Crippen LogP contribution in [0.5, 0.6) is 5.75 Å². The van der Waals surface area contributed by atoms with Crippen molar-refractivity contribution in [2.45, 2.75) is 44.9 Å². The lowest BCUT2D eigenvalue weighted by Crippen LogP contribution is -2.65. The first-order chi connectivity index (χ1) is 19.2. The molecule has 0 aliphatic carbocycles. The van der Waals surface area contributed by atoms with Crippen molar-refractivity contribution in [3.05, 3.63) is 92.9 Å². The zero-order valence-electron chi connectivity index (χ0n) is 22.3. The maximum Gasteiger partial charge on any atom is 0.278 e. The number of carbonyl (C=O) groups is 1. The van der Waals surface area contributed by atoms with Crippen molar-refractivity contribution in [1.82, 2.24) is 9.58 Å². The topological polar surface area (TPSA) is 78.2 Å². The van der Waals surface area contributed by atoms with Gasteiger partial charge in [0.05, 0.1) is 19.3 Å². The minimum atomic E-state index is -0.940. The van der Waals surface area contributed by atoms with Crippen LogP contribution in [-0.2, 0) is 4.74 Å². The number of anilines is 1. The lowest BCUT2D eigenvalue weighted by Gasteiger charge is -2.54. The van der Waals surface area contributed by atoms with Crippen LogP contribution in [-0.4, -0.2) is 53.1 Å². The highest BCUT2D eigenvalue weighted by Crippen LogP contribution is 2.49. The number of para-hydroxylation sites is 1. The van der Waals surface area contributed by atoms with Crippen LogP contribution in [0.25, 0.3) is 0 Å². The Hall–Kier alpha value is -3.92. The Morgan fingerprint density at radius 2 is 1.80 bits per heavy atom. The number of hydrogen-bond donors (Lipinski definition) is 1. The average Bonchev–Trinajstić information content (AvgIpc) is 3.05. The third-order valence-electron chi connectivity index (χ3n) is 8.92. The van der Waals surface area contributed by atoms with E-state index in [0.29, 0.717) is 31.7 Å². The number of amides is 1. The summed E-state index contributed by atoms with van der Waals surface area (Å²) in [6.45, 7) is 5.86. The lowest BCUT2D eigenvalue weighted by molar-refractivity contribution is 0.0245. The third-order valence-corrected chi connectivity index (χ3v) is 8.92. The van der Waals surface area contributed by atoms with Gasteiger partial charge in [0.1, 0.15) is 12.2 Å². The van der Waals surface area contributed by atoms with Crippen LogP contribution in [0.4, 0.5) is 14.5 Å². The Kier molecular flexibility index (Phi) is 5.51. The number of piperidine rings is 1. The van der Waals surface area contributed by atoms with E-state index in [2.05, 4.69) is 18.7 Å². The molecule has 1 amide bonds. The van der Waals surface area contributed by atoms with Crippen LogP contribution in [0.2, 0.25) is 0 Å². The molecule has 2 fully saturated rings. The van der Waals surface area contributed by atoms with Crippen molar-refractivity contribution in [1.29, 1.82) is 0 Å². The number of carbonyl (C=O) groups excluding carboxylic acids is 1. The van der Waals surface area contributed by atoms with Gasteiger partial charge >= 0.3 is 0 Å². The van der Waals surface area contributed by atoms with Gasteiger partial charge in [-0.2, -0.15) is 0 Å². The second kappa shape index (κ2) is 8.79. The van der Waals surface area contributed by atoms with Crippen molar-refractivity contribution in [2.24, 2.45) is 5.41 Å². The molecule has 1 N–H and O–H groups in total. The standard InChI is InChI=1S/C30H30F2N4O4/c1-30(2)10-12-34-23(15-30)36(35-11-9-22(37)28(38)27(35)29(34)39)26-17-5-3-4-6-20(17)33-13-14-40-16-21(33)24-18(26)7-8-19(31)25(24)32/h3-9,11,21,23,26,38H,10,12-16H2,1-2H3. The molecule has 10 heteroatoms. The molecule has 3 aromatic rings. The van der Waals surface area contributed by atoms with Crippen molar-refractivity contribution in [2.75, 3.05) is 36.2 Å². The van der Waals surface area contributed by atoms with E-state index in [4.69, 9.17) is 4.74 Å². The number of pyridine rings is 1. The quantitative estimate of drug-likeness (QED) is 0.495. The second-order valence-electron chi connectivity index (χ2n) is 11.8. The van der Waals surface area contributed by atoms with E-state index in [1.807, 2.05) is 29.3 Å². The number of ether oxygens (including phenoxy) is 1. The number of aromatic hydroxyl groups is 1. The minimum absolute atomic E-state index is 0.120. The summed E-state index contributed by atoms with van der Waals surface area (Å²) in [4.78, 5) is 30.1. The van der Waals surface area contributed by atoms with Gasteiger partial charge in [-0.05, 0) is 36.0 Å². The molecule has 0 radical (unpaired) electrons. The van der Waals surface area contributed by atoms with E-state index in [1.165, 1.54) is 12.3 Å². The highest BCUT2D eigenvalue weighted by molar-refractivity contribution is 5.96. The maximum atomic E-state index is 15.9. The van der Waals surface area contributed by atoms with Crippen molar-refractivity contribution in [3.8, 4) is 5.75 Å². The van der Waals surface area contributed by atoms with E-state index in [0.717, 1.165) is 23.7 Å². The molecule has 7 rings (SSSR count). The molecule has 5 heterocycles. The first-order valence-electron chi connectivity index (χ1n) is 13.6. The fourth-order valence-electron chi connectivity index (χ4n) is 6.96. The van der Waals surface area contributed by atoms with Crippen LogP contribution < -0.4 is 15.3 Å². The molecule has 0 spiro atoms. The van der Waals surface area contributed by atoms with Crippen LogP contribution in [0, 0.1) is 17.0 Å². The molecule has 40 heavy (non-hydrogen) atoms. The highest BCUT2D eigenvalue weighted by Gasteiger charge is 2.50. The molecule has 1 aromatic heterocycles. The third kappa shape index (κ3) is 3.51. The summed E-state index contributed by atoms with van der Waals surface area (Å²) in [5.74, 6) is -2.91. The fourth-order valence-corrected chi connectivity index (χ4v) is 6.96. The molecule has 0 bridgehead atoms. The van der Waals surface area contributed by atoms with Crippen LogP contribution in [0.3, 0.4) is 0 Å². The van der Waals surface area contributed by atoms with Crippen molar-refractivity contribution >= 4 is 11.6 Å². The summed E-state index contributed by atoms with van der Waals surface area (Å²) in [5, 5.41) is 12.8. The van der Waals surface area contributed by atoms with Gasteiger partial charge in [0.15, 0.2) is 23.1 Å². The summed E-state index contributed by atoms with van der Waals surface area (Å²) in [7, 11) is 0. The molecule has 208 valence electrons. The van der Waals surface area contributed by atoms with E-state index in [1.54, 1.807) is 15.6 Å².